The first kappa shape index (κ1) is 15.1. The fraction of sp³-hybridized carbons (Fsp3) is 0.200. The van der Waals surface area contributed by atoms with Crippen LogP contribution in [0.25, 0.3) is 10.4 Å². The van der Waals surface area contributed by atoms with E-state index >= 15 is 0 Å². The lowest BCUT2D eigenvalue weighted by Crippen LogP contribution is -2.26. The van der Waals surface area contributed by atoms with E-state index in [1.807, 2.05) is 30.3 Å². The highest BCUT2D eigenvalue weighted by Crippen LogP contribution is 2.34. The highest BCUT2D eigenvalue weighted by molar-refractivity contribution is 7.17. The standard InChI is InChI=1S/C15H15NO4S/c1-10(17)13-6-7-14(21-13)11-4-2-3-5-12(11)20-9-8-16-15(18)19/h2-7,16H,8-9H2,1H3,(H,18,19). The molecule has 1 aromatic heterocycles. The minimum Gasteiger partial charge on any atom is -0.491 e. The Kier molecular flexibility index (Phi) is 4.94. The average Bonchev–Trinajstić information content (AvgIpc) is 2.93. The predicted octanol–water partition coefficient (Wildman–Crippen LogP) is 3.26. The fourth-order valence-corrected chi connectivity index (χ4v) is 2.72. The molecule has 5 nitrogen and oxygen atoms in total. The molecule has 0 unspecified atom stereocenters. The Balaban J connectivity index is 2.12. The zero-order valence-electron chi connectivity index (χ0n) is 11.5. The number of benzene rings is 1. The van der Waals surface area contributed by atoms with Crippen LogP contribution in [0.15, 0.2) is 36.4 Å². The SMILES string of the molecule is CC(=O)c1ccc(-c2ccccc2OCCNC(=O)O)s1. The van der Waals surface area contributed by atoms with Crippen LogP contribution in [-0.4, -0.2) is 30.1 Å². The summed E-state index contributed by atoms with van der Waals surface area (Å²) in [5.74, 6) is 0.706. The van der Waals surface area contributed by atoms with Gasteiger partial charge in [-0.15, -0.1) is 11.3 Å². The van der Waals surface area contributed by atoms with Crippen molar-refractivity contribution in [2.45, 2.75) is 6.92 Å². The van der Waals surface area contributed by atoms with Gasteiger partial charge in [-0.3, -0.25) is 4.79 Å². The lowest BCUT2D eigenvalue weighted by Gasteiger charge is -2.10. The number of carbonyl (C=O) groups excluding carboxylic acids is 1. The fourth-order valence-electron chi connectivity index (χ4n) is 1.79. The monoisotopic (exact) mass is 305 g/mol. The number of rotatable bonds is 6. The van der Waals surface area contributed by atoms with Gasteiger partial charge in [-0.05, 0) is 31.2 Å². The Morgan fingerprint density at radius 3 is 2.67 bits per heavy atom. The molecule has 0 aliphatic rings. The van der Waals surface area contributed by atoms with Crippen LogP contribution in [0, 0.1) is 0 Å². The minimum absolute atomic E-state index is 0.0373. The summed E-state index contributed by atoms with van der Waals surface area (Å²) in [5, 5.41) is 10.7. The van der Waals surface area contributed by atoms with Crippen molar-refractivity contribution in [1.29, 1.82) is 0 Å². The van der Waals surface area contributed by atoms with Crippen molar-refractivity contribution in [3.8, 4) is 16.2 Å². The van der Waals surface area contributed by atoms with Gasteiger partial charge in [0.25, 0.3) is 0 Å². The molecule has 0 radical (unpaired) electrons. The van der Waals surface area contributed by atoms with E-state index in [-0.39, 0.29) is 18.9 Å². The smallest absolute Gasteiger partial charge is 0.404 e. The summed E-state index contributed by atoms with van der Waals surface area (Å²) >= 11 is 1.41. The molecule has 0 bridgehead atoms. The largest absolute Gasteiger partial charge is 0.491 e. The number of ketones is 1. The normalized spacial score (nSPS) is 10.1. The summed E-state index contributed by atoms with van der Waals surface area (Å²) in [6, 6.07) is 11.2. The second kappa shape index (κ2) is 6.90. The number of amides is 1. The molecule has 0 saturated heterocycles. The lowest BCUT2D eigenvalue weighted by atomic mass is 10.1. The van der Waals surface area contributed by atoms with Crippen LogP contribution in [0.5, 0.6) is 5.75 Å². The van der Waals surface area contributed by atoms with Crippen LogP contribution in [-0.2, 0) is 0 Å². The molecule has 2 N–H and O–H groups in total. The number of nitrogens with one attached hydrogen (secondary N) is 1. The van der Waals surface area contributed by atoms with E-state index in [0.717, 1.165) is 10.4 Å². The summed E-state index contributed by atoms with van der Waals surface area (Å²) in [4.78, 5) is 23.4. The molecule has 2 aromatic rings. The lowest BCUT2D eigenvalue weighted by molar-refractivity contribution is 0.102. The first-order valence-electron chi connectivity index (χ1n) is 6.37. The van der Waals surface area contributed by atoms with Gasteiger partial charge in [0.1, 0.15) is 12.4 Å². The van der Waals surface area contributed by atoms with E-state index in [1.54, 1.807) is 6.07 Å². The van der Waals surface area contributed by atoms with Gasteiger partial charge in [-0.1, -0.05) is 12.1 Å². The quantitative estimate of drug-likeness (QED) is 0.634. The number of para-hydroxylation sites is 1. The van der Waals surface area contributed by atoms with Crippen molar-refractivity contribution >= 4 is 23.2 Å². The number of thiophene rings is 1. The number of carbonyl (C=O) groups is 2. The Morgan fingerprint density at radius 1 is 1.24 bits per heavy atom. The van der Waals surface area contributed by atoms with E-state index in [4.69, 9.17) is 9.84 Å². The van der Waals surface area contributed by atoms with Crippen molar-refractivity contribution < 1.29 is 19.4 Å². The van der Waals surface area contributed by atoms with Crippen LogP contribution in [0.3, 0.4) is 0 Å². The minimum atomic E-state index is -1.07. The number of hydrogen-bond acceptors (Lipinski definition) is 4. The summed E-state index contributed by atoms with van der Waals surface area (Å²) in [5.41, 5.74) is 0.894. The van der Waals surface area contributed by atoms with Gasteiger partial charge in [0, 0.05) is 10.4 Å². The second-order valence-corrected chi connectivity index (χ2v) is 5.38. The molecule has 0 saturated carbocycles. The molecule has 1 heterocycles. The molecule has 1 aromatic carbocycles. The molecule has 1 amide bonds. The molecule has 21 heavy (non-hydrogen) atoms. The first-order valence-corrected chi connectivity index (χ1v) is 7.19. The molecule has 0 aliphatic carbocycles. The zero-order valence-corrected chi connectivity index (χ0v) is 12.3. The van der Waals surface area contributed by atoms with Crippen molar-refractivity contribution in [2.24, 2.45) is 0 Å². The van der Waals surface area contributed by atoms with Crippen LogP contribution in [0.1, 0.15) is 16.6 Å². The van der Waals surface area contributed by atoms with E-state index in [9.17, 15) is 9.59 Å². The van der Waals surface area contributed by atoms with Gasteiger partial charge in [-0.2, -0.15) is 0 Å². The summed E-state index contributed by atoms with van der Waals surface area (Å²) in [6.07, 6.45) is -1.07. The molecular formula is C15H15NO4S. The predicted molar refractivity (Wildman–Crippen MR) is 81.3 cm³/mol. The maximum atomic E-state index is 11.4. The van der Waals surface area contributed by atoms with Gasteiger partial charge in [0.15, 0.2) is 5.78 Å². The topological polar surface area (TPSA) is 75.6 Å². The molecule has 0 atom stereocenters. The van der Waals surface area contributed by atoms with Crippen molar-refractivity contribution in [2.75, 3.05) is 13.2 Å². The number of hydrogen-bond donors (Lipinski definition) is 2. The van der Waals surface area contributed by atoms with Gasteiger partial charge in [-0.25, -0.2) is 4.79 Å². The Bertz CT molecular complexity index is 651. The van der Waals surface area contributed by atoms with Gasteiger partial charge in [0.05, 0.1) is 11.4 Å². The van der Waals surface area contributed by atoms with E-state index in [1.165, 1.54) is 18.3 Å². The third kappa shape index (κ3) is 4.06. The van der Waals surface area contributed by atoms with Crippen LogP contribution >= 0.6 is 11.3 Å². The van der Waals surface area contributed by atoms with Gasteiger partial charge >= 0.3 is 6.09 Å². The molecule has 0 spiro atoms. The van der Waals surface area contributed by atoms with E-state index in [2.05, 4.69) is 5.32 Å². The summed E-state index contributed by atoms with van der Waals surface area (Å²) in [6.45, 7) is 2.00. The highest BCUT2D eigenvalue weighted by Gasteiger charge is 2.10. The zero-order chi connectivity index (χ0) is 15.2. The summed E-state index contributed by atoms with van der Waals surface area (Å²) in [7, 11) is 0. The van der Waals surface area contributed by atoms with Crippen LogP contribution < -0.4 is 10.1 Å². The van der Waals surface area contributed by atoms with Crippen molar-refractivity contribution in [3.05, 3.63) is 41.3 Å². The molecule has 0 aliphatic heterocycles. The Labute approximate surface area is 126 Å². The Hall–Kier alpha value is -2.34. The molecule has 0 fully saturated rings. The van der Waals surface area contributed by atoms with Crippen LogP contribution in [0.2, 0.25) is 0 Å². The number of Topliss-reactive ketones (excluding diaryl/α,β-unsaturated/α-hetero) is 1. The molecule has 2 rings (SSSR count). The second-order valence-electron chi connectivity index (χ2n) is 4.30. The number of ether oxygens (including phenoxy) is 1. The van der Waals surface area contributed by atoms with Gasteiger partial charge < -0.3 is 15.2 Å². The van der Waals surface area contributed by atoms with E-state index < -0.39 is 6.09 Å². The number of carboxylic acid groups (broad SMARTS) is 1. The molecule has 6 heteroatoms. The maximum Gasteiger partial charge on any atom is 0.404 e. The first-order chi connectivity index (χ1) is 10.1. The maximum absolute atomic E-state index is 11.4. The molecule has 110 valence electrons. The molecular weight excluding hydrogens is 290 g/mol. The Morgan fingerprint density at radius 2 is 2.00 bits per heavy atom. The third-order valence-electron chi connectivity index (χ3n) is 2.74. The van der Waals surface area contributed by atoms with Crippen molar-refractivity contribution in [3.63, 3.8) is 0 Å². The highest BCUT2D eigenvalue weighted by atomic mass is 32.1. The van der Waals surface area contributed by atoms with Gasteiger partial charge in [0.2, 0.25) is 0 Å². The van der Waals surface area contributed by atoms with Crippen LogP contribution in [0.4, 0.5) is 4.79 Å². The third-order valence-corrected chi connectivity index (χ3v) is 3.96. The van der Waals surface area contributed by atoms with E-state index in [0.29, 0.717) is 10.6 Å². The average molecular weight is 305 g/mol. The van der Waals surface area contributed by atoms with Crippen molar-refractivity contribution in [1.82, 2.24) is 5.32 Å². The summed E-state index contributed by atoms with van der Waals surface area (Å²) < 4.78 is 5.61.